The van der Waals surface area contributed by atoms with Crippen molar-refractivity contribution >= 4 is 11.6 Å². The van der Waals surface area contributed by atoms with Gasteiger partial charge in [0, 0.05) is 11.1 Å². The Bertz CT molecular complexity index is 334. The Labute approximate surface area is 89.0 Å². The van der Waals surface area contributed by atoms with Gasteiger partial charge in [-0.25, -0.2) is 0 Å². The molecule has 1 heterocycles. The second-order valence-corrected chi connectivity index (χ2v) is 4.38. The smallest absolute Gasteiger partial charge is 0.0600 e. The molecule has 76 valence electrons. The predicted octanol–water partition coefficient (Wildman–Crippen LogP) is 1.96. The summed E-state index contributed by atoms with van der Waals surface area (Å²) in [5.74, 6) is 0. The molecule has 2 nitrogen and oxygen atoms in total. The van der Waals surface area contributed by atoms with Crippen LogP contribution in [-0.4, -0.2) is 19.3 Å². The van der Waals surface area contributed by atoms with Crippen molar-refractivity contribution in [1.29, 1.82) is 0 Å². The van der Waals surface area contributed by atoms with Crippen molar-refractivity contribution in [3.63, 3.8) is 0 Å². The first-order valence-corrected chi connectivity index (χ1v) is 5.12. The van der Waals surface area contributed by atoms with Gasteiger partial charge in [0.1, 0.15) is 0 Å². The number of rotatable bonds is 2. The maximum atomic E-state index is 5.99. The van der Waals surface area contributed by atoms with Crippen molar-refractivity contribution < 1.29 is 4.74 Å². The van der Waals surface area contributed by atoms with Gasteiger partial charge in [-0.05, 0) is 24.6 Å². The zero-order chi connectivity index (χ0) is 10.2. The van der Waals surface area contributed by atoms with Crippen LogP contribution in [0.4, 0.5) is 0 Å². The number of hydrogen-bond donors (Lipinski definition) is 1. The summed E-state index contributed by atoms with van der Waals surface area (Å²) in [5, 5.41) is 0.759. The third-order valence-electron chi connectivity index (χ3n) is 2.99. The zero-order valence-electron chi connectivity index (χ0n) is 8.16. The summed E-state index contributed by atoms with van der Waals surface area (Å²) in [6, 6.07) is 7.97. The van der Waals surface area contributed by atoms with Gasteiger partial charge in [0.15, 0.2) is 0 Å². The topological polar surface area (TPSA) is 35.2 Å². The molecule has 0 bridgehead atoms. The minimum Gasteiger partial charge on any atom is -0.379 e. The van der Waals surface area contributed by atoms with E-state index in [2.05, 4.69) is 6.07 Å². The van der Waals surface area contributed by atoms with Gasteiger partial charge in [0.2, 0.25) is 0 Å². The molecule has 1 aliphatic rings. The second-order valence-electron chi connectivity index (χ2n) is 3.95. The van der Waals surface area contributed by atoms with Gasteiger partial charge < -0.3 is 10.5 Å². The first kappa shape index (κ1) is 9.97. The Kier molecular flexibility index (Phi) is 2.52. The van der Waals surface area contributed by atoms with Crippen molar-refractivity contribution in [3.05, 3.63) is 34.9 Å². The van der Waals surface area contributed by atoms with Crippen LogP contribution in [0.15, 0.2) is 24.3 Å². The highest BCUT2D eigenvalue weighted by molar-refractivity contribution is 6.30. The number of nitrogens with two attached hydrogens (primary N) is 1. The molecule has 1 saturated heterocycles. The lowest BCUT2D eigenvalue weighted by Crippen LogP contribution is -2.57. The quantitative estimate of drug-likeness (QED) is 0.812. The fraction of sp³-hybridized carbons (Fsp3) is 0.455. The Hall–Kier alpha value is -0.570. The Morgan fingerprint density at radius 2 is 2.21 bits per heavy atom. The second kappa shape index (κ2) is 3.54. The highest BCUT2D eigenvalue weighted by Crippen LogP contribution is 2.35. The highest BCUT2D eigenvalue weighted by Gasteiger charge is 2.43. The molecular weight excluding hydrogens is 198 g/mol. The fourth-order valence-corrected chi connectivity index (χ4v) is 2.00. The molecule has 0 aromatic heterocycles. The monoisotopic (exact) mass is 211 g/mol. The lowest BCUT2D eigenvalue weighted by molar-refractivity contribution is -0.0701. The molecule has 1 atom stereocenters. The molecule has 0 amide bonds. The Morgan fingerprint density at radius 3 is 2.64 bits per heavy atom. The summed E-state index contributed by atoms with van der Waals surface area (Å²) in [7, 11) is 0. The minimum atomic E-state index is -0.0229. The van der Waals surface area contributed by atoms with Crippen molar-refractivity contribution in [1.82, 2.24) is 0 Å². The average molecular weight is 212 g/mol. The number of hydrogen-bond acceptors (Lipinski definition) is 2. The molecule has 1 aromatic rings. The summed E-state index contributed by atoms with van der Waals surface area (Å²) in [5.41, 5.74) is 7.16. The highest BCUT2D eigenvalue weighted by atomic mass is 35.5. The Balaban J connectivity index is 2.37. The van der Waals surface area contributed by atoms with Crippen LogP contribution in [-0.2, 0) is 10.2 Å². The molecule has 1 aromatic carbocycles. The van der Waals surface area contributed by atoms with Crippen molar-refractivity contribution in [3.8, 4) is 0 Å². The van der Waals surface area contributed by atoms with Gasteiger partial charge in [0.05, 0.1) is 18.6 Å². The predicted molar refractivity (Wildman–Crippen MR) is 57.6 cm³/mol. The molecule has 2 rings (SSSR count). The number of halogens is 1. The summed E-state index contributed by atoms with van der Waals surface area (Å²) < 4.78 is 5.27. The molecule has 0 radical (unpaired) electrons. The third kappa shape index (κ3) is 1.44. The van der Waals surface area contributed by atoms with Crippen LogP contribution < -0.4 is 5.73 Å². The van der Waals surface area contributed by atoms with Gasteiger partial charge in [-0.2, -0.15) is 0 Å². The summed E-state index contributed by atoms with van der Waals surface area (Å²) in [6.07, 6.45) is 0. The van der Waals surface area contributed by atoms with Crippen molar-refractivity contribution in [2.45, 2.75) is 18.4 Å². The molecule has 1 aliphatic heterocycles. The minimum absolute atomic E-state index is 0.0229. The SMILES string of the molecule is CC(N)C1(c2cccc(Cl)c2)COC1. The van der Waals surface area contributed by atoms with E-state index >= 15 is 0 Å². The van der Waals surface area contributed by atoms with Crippen LogP contribution in [0.3, 0.4) is 0 Å². The zero-order valence-corrected chi connectivity index (χ0v) is 8.92. The molecule has 0 saturated carbocycles. The summed E-state index contributed by atoms with van der Waals surface area (Å²) >= 11 is 5.96. The molecular formula is C11H14ClNO. The molecule has 14 heavy (non-hydrogen) atoms. The van der Waals surface area contributed by atoms with Gasteiger partial charge in [-0.15, -0.1) is 0 Å². The van der Waals surface area contributed by atoms with Gasteiger partial charge >= 0.3 is 0 Å². The van der Waals surface area contributed by atoms with Crippen LogP contribution >= 0.6 is 11.6 Å². The first-order chi connectivity index (χ1) is 6.65. The maximum absolute atomic E-state index is 5.99. The standard InChI is InChI=1S/C11H14ClNO/c1-8(13)11(6-14-7-11)9-3-2-4-10(12)5-9/h2-5,8H,6-7,13H2,1H3. The first-order valence-electron chi connectivity index (χ1n) is 4.74. The normalized spacial score (nSPS) is 21.4. The summed E-state index contributed by atoms with van der Waals surface area (Å²) in [6.45, 7) is 3.42. The van der Waals surface area contributed by atoms with E-state index < -0.39 is 0 Å². The van der Waals surface area contributed by atoms with E-state index in [9.17, 15) is 0 Å². The fourth-order valence-electron chi connectivity index (χ4n) is 1.81. The van der Waals surface area contributed by atoms with Crippen LogP contribution in [0.1, 0.15) is 12.5 Å². The molecule has 0 spiro atoms. The third-order valence-corrected chi connectivity index (χ3v) is 3.23. The van der Waals surface area contributed by atoms with Gasteiger partial charge in [-0.1, -0.05) is 23.7 Å². The lowest BCUT2D eigenvalue weighted by atomic mass is 9.73. The van der Waals surface area contributed by atoms with Gasteiger partial charge in [-0.3, -0.25) is 0 Å². The van der Waals surface area contributed by atoms with Crippen molar-refractivity contribution in [2.24, 2.45) is 5.73 Å². The molecule has 0 aliphatic carbocycles. The van der Waals surface area contributed by atoms with E-state index in [4.69, 9.17) is 22.1 Å². The van der Waals surface area contributed by atoms with E-state index in [1.54, 1.807) is 0 Å². The largest absolute Gasteiger partial charge is 0.379 e. The number of benzene rings is 1. The lowest BCUT2D eigenvalue weighted by Gasteiger charge is -2.45. The molecule has 2 N–H and O–H groups in total. The average Bonchev–Trinajstić information content (AvgIpc) is 2.00. The molecule has 1 unspecified atom stereocenters. The van der Waals surface area contributed by atoms with E-state index in [0.717, 1.165) is 5.02 Å². The van der Waals surface area contributed by atoms with E-state index in [-0.39, 0.29) is 11.5 Å². The van der Waals surface area contributed by atoms with Crippen LogP contribution in [0.25, 0.3) is 0 Å². The van der Waals surface area contributed by atoms with Crippen LogP contribution in [0.2, 0.25) is 5.02 Å². The number of ether oxygens (including phenoxy) is 1. The van der Waals surface area contributed by atoms with Crippen molar-refractivity contribution in [2.75, 3.05) is 13.2 Å². The van der Waals surface area contributed by atoms with Gasteiger partial charge in [0.25, 0.3) is 0 Å². The van der Waals surface area contributed by atoms with E-state index in [0.29, 0.717) is 13.2 Å². The molecule has 1 fully saturated rings. The van der Waals surface area contributed by atoms with Crippen LogP contribution in [0, 0.1) is 0 Å². The van der Waals surface area contributed by atoms with E-state index in [1.165, 1.54) is 5.56 Å². The van der Waals surface area contributed by atoms with Crippen LogP contribution in [0.5, 0.6) is 0 Å². The Morgan fingerprint density at radius 1 is 1.50 bits per heavy atom. The summed E-state index contributed by atoms with van der Waals surface area (Å²) in [4.78, 5) is 0. The van der Waals surface area contributed by atoms with E-state index in [1.807, 2.05) is 25.1 Å². The molecule has 3 heteroatoms. The maximum Gasteiger partial charge on any atom is 0.0600 e.